The van der Waals surface area contributed by atoms with E-state index in [9.17, 15) is 0 Å². The van der Waals surface area contributed by atoms with E-state index in [-0.39, 0.29) is 5.41 Å². The van der Waals surface area contributed by atoms with E-state index in [2.05, 4.69) is 24.5 Å². The number of nitrogens with one attached hydrogen (secondary N) is 2. The number of ether oxygens (including phenoxy) is 2. The van der Waals surface area contributed by atoms with Gasteiger partial charge < -0.3 is 24.5 Å². The zero-order valence-electron chi connectivity index (χ0n) is 16.3. The summed E-state index contributed by atoms with van der Waals surface area (Å²) in [6.07, 6.45) is 4.48. The lowest BCUT2D eigenvalue weighted by Crippen LogP contribution is -2.40. The number of hydrogen-bond acceptors (Lipinski definition) is 4. The predicted octanol–water partition coefficient (Wildman–Crippen LogP) is 2.85. The molecule has 1 aromatic heterocycles. The van der Waals surface area contributed by atoms with Gasteiger partial charge in [-0.2, -0.15) is 0 Å². The molecule has 1 aromatic rings. The minimum absolute atomic E-state index is 0.108. The average Bonchev–Trinajstić information content (AvgIpc) is 3.10. The van der Waals surface area contributed by atoms with Crippen molar-refractivity contribution < 1.29 is 13.9 Å². The van der Waals surface area contributed by atoms with Gasteiger partial charge in [0, 0.05) is 53.0 Å². The Morgan fingerprint density at radius 3 is 2.72 bits per heavy atom. The molecule has 0 saturated heterocycles. The van der Waals surface area contributed by atoms with E-state index in [0.29, 0.717) is 0 Å². The van der Waals surface area contributed by atoms with Crippen molar-refractivity contribution in [1.82, 2.24) is 10.6 Å². The monoisotopic (exact) mass is 353 g/mol. The van der Waals surface area contributed by atoms with Crippen LogP contribution >= 0.6 is 0 Å². The van der Waals surface area contributed by atoms with Crippen LogP contribution < -0.4 is 10.6 Å². The minimum atomic E-state index is 0.108. The largest absolute Gasteiger partial charge is 0.469 e. The van der Waals surface area contributed by atoms with Crippen LogP contribution in [-0.2, 0) is 15.9 Å². The Labute approximate surface area is 152 Å². The van der Waals surface area contributed by atoms with Crippen molar-refractivity contribution in [3.63, 3.8) is 0 Å². The molecule has 0 unspecified atom stereocenters. The highest BCUT2D eigenvalue weighted by Gasteiger charge is 2.17. The first kappa shape index (κ1) is 21.5. The molecule has 0 aliphatic rings. The number of aliphatic imine (C=N–C) groups is 1. The molecule has 0 spiro atoms. The predicted molar refractivity (Wildman–Crippen MR) is 102 cm³/mol. The summed E-state index contributed by atoms with van der Waals surface area (Å²) >= 11 is 0. The first-order valence-electron chi connectivity index (χ1n) is 9.18. The molecule has 0 aliphatic carbocycles. The first-order valence-corrected chi connectivity index (χ1v) is 9.18. The summed E-state index contributed by atoms with van der Waals surface area (Å²) in [5.74, 6) is 1.82. The maximum Gasteiger partial charge on any atom is 0.191 e. The number of rotatable bonds is 13. The number of furan rings is 1. The summed E-state index contributed by atoms with van der Waals surface area (Å²) in [7, 11) is 1.74. The summed E-state index contributed by atoms with van der Waals surface area (Å²) in [6.45, 7) is 11.1. The molecule has 0 aromatic carbocycles. The molecular formula is C19H35N3O3. The molecule has 0 aliphatic heterocycles. The van der Waals surface area contributed by atoms with E-state index in [4.69, 9.17) is 18.9 Å². The van der Waals surface area contributed by atoms with Gasteiger partial charge in [-0.25, -0.2) is 0 Å². The third-order valence-electron chi connectivity index (χ3n) is 3.85. The van der Waals surface area contributed by atoms with Crippen molar-refractivity contribution in [3.05, 3.63) is 24.2 Å². The van der Waals surface area contributed by atoms with Gasteiger partial charge in [-0.1, -0.05) is 13.8 Å². The average molecular weight is 354 g/mol. The van der Waals surface area contributed by atoms with Gasteiger partial charge in [0.2, 0.25) is 0 Å². The maximum absolute atomic E-state index is 5.38. The van der Waals surface area contributed by atoms with Crippen LogP contribution in [0, 0.1) is 5.41 Å². The standard InChI is InChI=1S/C19H35N3O3/c1-5-24-13-7-11-20-18(21-12-9-17-8-6-14-25-17)22-16-19(2,3)10-15-23-4/h6,8,14H,5,7,9-13,15-16H2,1-4H3,(H2,20,21,22). The van der Waals surface area contributed by atoms with Crippen molar-refractivity contribution in [2.45, 2.75) is 40.0 Å². The second kappa shape index (κ2) is 12.8. The Kier molecular flexibility index (Phi) is 11.0. The second-order valence-electron chi connectivity index (χ2n) is 6.81. The van der Waals surface area contributed by atoms with Crippen LogP contribution in [0.4, 0.5) is 0 Å². The van der Waals surface area contributed by atoms with Gasteiger partial charge in [-0.15, -0.1) is 0 Å². The molecule has 6 heteroatoms. The molecule has 0 radical (unpaired) electrons. The van der Waals surface area contributed by atoms with E-state index < -0.39 is 0 Å². The van der Waals surface area contributed by atoms with Crippen LogP contribution in [-0.4, -0.2) is 52.5 Å². The second-order valence-corrected chi connectivity index (χ2v) is 6.81. The topological polar surface area (TPSA) is 68.0 Å². The van der Waals surface area contributed by atoms with Crippen molar-refractivity contribution in [3.8, 4) is 0 Å². The highest BCUT2D eigenvalue weighted by molar-refractivity contribution is 5.79. The van der Waals surface area contributed by atoms with Crippen LogP contribution in [0.15, 0.2) is 27.8 Å². The van der Waals surface area contributed by atoms with Gasteiger partial charge in [-0.3, -0.25) is 4.99 Å². The third-order valence-corrected chi connectivity index (χ3v) is 3.85. The molecule has 144 valence electrons. The van der Waals surface area contributed by atoms with Crippen molar-refractivity contribution in [2.24, 2.45) is 10.4 Å². The molecule has 0 saturated carbocycles. The molecule has 0 fully saturated rings. The van der Waals surface area contributed by atoms with Gasteiger partial charge in [-0.05, 0) is 37.3 Å². The zero-order valence-corrected chi connectivity index (χ0v) is 16.3. The Balaban J connectivity index is 2.45. The summed E-state index contributed by atoms with van der Waals surface area (Å²) in [6, 6.07) is 3.90. The Hall–Kier alpha value is -1.53. The molecule has 0 amide bonds. The summed E-state index contributed by atoms with van der Waals surface area (Å²) in [4.78, 5) is 4.75. The van der Waals surface area contributed by atoms with E-state index in [1.807, 2.05) is 19.1 Å². The van der Waals surface area contributed by atoms with E-state index in [1.165, 1.54) is 0 Å². The van der Waals surface area contributed by atoms with E-state index >= 15 is 0 Å². The van der Waals surface area contributed by atoms with Gasteiger partial charge in [0.25, 0.3) is 0 Å². The number of hydrogen-bond donors (Lipinski definition) is 2. The Morgan fingerprint density at radius 1 is 1.24 bits per heavy atom. The number of guanidine groups is 1. The highest BCUT2D eigenvalue weighted by Crippen LogP contribution is 2.20. The lowest BCUT2D eigenvalue weighted by Gasteiger charge is -2.22. The van der Waals surface area contributed by atoms with Crippen molar-refractivity contribution in [1.29, 1.82) is 0 Å². The van der Waals surface area contributed by atoms with Gasteiger partial charge in [0.15, 0.2) is 5.96 Å². The molecule has 1 heterocycles. The quantitative estimate of drug-likeness (QED) is 0.324. The van der Waals surface area contributed by atoms with Crippen molar-refractivity contribution in [2.75, 3.05) is 46.6 Å². The van der Waals surface area contributed by atoms with Crippen LogP contribution in [0.1, 0.15) is 39.4 Å². The minimum Gasteiger partial charge on any atom is -0.469 e. The number of methoxy groups -OCH3 is 1. The third kappa shape index (κ3) is 10.8. The molecular weight excluding hydrogens is 318 g/mol. The lowest BCUT2D eigenvalue weighted by molar-refractivity contribution is 0.145. The van der Waals surface area contributed by atoms with Gasteiger partial charge in [0.05, 0.1) is 6.26 Å². The molecule has 25 heavy (non-hydrogen) atoms. The van der Waals surface area contributed by atoms with E-state index in [1.54, 1.807) is 13.4 Å². The fourth-order valence-corrected chi connectivity index (χ4v) is 2.21. The summed E-state index contributed by atoms with van der Waals surface area (Å²) in [5, 5.41) is 6.77. The molecule has 6 nitrogen and oxygen atoms in total. The number of nitrogens with zero attached hydrogens (tertiary/aromatic N) is 1. The normalized spacial score (nSPS) is 12.4. The molecule has 1 rings (SSSR count). The highest BCUT2D eigenvalue weighted by atomic mass is 16.5. The fraction of sp³-hybridized carbons (Fsp3) is 0.737. The maximum atomic E-state index is 5.38. The van der Waals surface area contributed by atoms with Gasteiger partial charge >= 0.3 is 0 Å². The SMILES string of the molecule is CCOCCCNC(=NCC(C)(C)CCOC)NCCc1ccco1. The van der Waals surface area contributed by atoms with Crippen LogP contribution in [0.2, 0.25) is 0 Å². The Bertz CT molecular complexity index is 458. The lowest BCUT2D eigenvalue weighted by atomic mass is 9.90. The molecule has 0 bridgehead atoms. The zero-order chi connectivity index (χ0) is 18.4. The van der Waals surface area contributed by atoms with Crippen LogP contribution in [0.25, 0.3) is 0 Å². The molecule has 0 atom stereocenters. The van der Waals surface area contributed by atoms with Gasteiger partial charge in [0.1, 0.15) is 5.76 Å². The van der Waals surface area contributed by atoms with Crippen molar-refractivity contribution >= 4 is 5.96 Å². The Morgan fingerprint density at radius 2 is 2.04 bits per heavy atom. The summed E-state index contributed by atoms with van der Waals surface area (Å²) < 4.78 is 15.9. The van der Waals surface area contributed by atoms with Crippen LogP contribution in [0.5, 0.6) is 0 Å². The summed E-state index contributed by atoms with van der Waals surface area (Å²) in [5.41, 5.74) is 0.108. The molecule has 2 N–H and O–H groups in total. The van der Waals surface area contributed by atoms with Crippen LogP contribution in [0.3, 0.4) is 0 Å². The van der Waals surface area contributed by atoms with E-state index in [0.717, 1.165) is 70.4 Å². The fourth-order valence-electron chi connectivity index (χ4n) is 2.21. The first-order chi connectivity index (χ1) is 12.1. The smallest absolute Gasteiger partial charge is 0.191 e.